The highest BCUT2D eigenvalue weighted by Gasteiger charge is 2.13. The van der Waals surface area contributed by atoms with Crippen LogP contribution < -0.4 is 4.74 Å². The highest BCUT2D eigenvalue weighted by molar-refractivity contribution is 9.10. The molecule has 0 saturated carbocycles. The second kappa shape index (κ2) is 4.87. The Balaban J connectivity index is 3.16. The van der Waals surface area contributed by atoms with Gasteiger partial charge in [0.25, 0.3) is 0 Å². The molecule has 78 valence electrons. The molecule has 0 heterocycles. The van der Waals surface area contributed by atoms with Crippen LogP contribution in [0.1, 0.15) is 11.7 Å². The molecule has 0 aliphatic rings. The Labute approximate surface area is 95.4 Å². The van der Waals surface area contributed by atoms with E-state index in [9.17, 15) is 10.2 Å². The molecule has 1 rings (SSSR count). The molecule has 0 aromatic heterocycles. The number of hydrogen-bond donors (Lipinski definition) is 2. The summed E-state index contributed by atoms with van der Waals surface area (Å²) < 4.78 is 5.40. The first kappa shape index (κ1) is 11.6. The van der Waals surface area contributed by atoms with Crippen LogP contribution in [0.4, 0.5) is 0 Å². The molecule has 0 aliphatic heterocycles. The van der Waals surface area contributed by atoms with E-state index < -0.39 is 6.10 Å². The second-order valence-electron chi connectivity index (χ2n) is 2.72. The Morgan fingerprint density at radius 2 is 2.21 bits per heavy atom. The predicted molar refractivity (Wildman–Crippen MR) is 58.0 cm³/mol. The summed E-state index contributed by atoms with van der Waals surface area (Å²) in [4.78, 5) is 0. The number of benzene rings is 1. The number of phenols is 1. The first-order chi connectivity index (χ1) is 6.60. The Bertz CT molecular complexity index is 330. The number of hydrogen-bond acceptors (Lipinski definition) is 3. The van der Waals surface area contributed by atoms with E-state index in [1.807, 2.05) is 0 Å². The fourth-order valence-electron chi connectivity index (χ4n) is 1.03. The molecular formula is C9H10BrClO3. The number of phenolic OH excluding ortho intramolecular Hbond substituents is 1. The zero-order valence-corrected chi connectivity index (χ0v) is 9.84. The lowest BCUT2D eigenvalue weighted by Gasteiger charge is -2.11. The van der Waals surface area contributed by atoms with Crippen molar-refractivity contribution in [3.8, 4) is 11.5 Å². The summed E-state index contributed by atoms with van der Waals surface area (Å²) in [6, 6.07) is 3.15. The van der Waals surface area contributed by atoms with E-state index in [0.29, 0.717) is 15.8 Å². The van der Waals surface area contributed by atoms with Crippen molar-refractivity contribution in [3.63, 3.8) is 0 Å². The van der Waals surface area contributed by atoms with Crippen molar-refractivity contribution in [2.75, 3.05) is 13.0 Å². The molecule has 14 heavy (non-hydrogen) atoms. The van der Waals surface area contributed by atoms with Crippen LogP contribution in [0.25, 0.3) is 0 Å². The fraction of sp³-hybridized carbons (Fsp3) is 0.333. The van der Waals surface area contributed by atoms with E-state index in [1.54, 1.807) is 12.1 Å². The molecule has 0 fully saturated rings. The van der Waals surface area contributed by atoms with Gasteiger partial charge in [0.15, 0.2) is 11.5 Å². The monoisotopic (exact) mass is 280 g/mol. The topological polar surface area (TPSA) is 49.7 Å². The molecule has 0 saturated heterocycles. The molecule has 1 atom stereocenters. The van der Waals surface area contributed by atoms with E-state index in [4.69, 9.17) is 16.3 Å². The van der Waals surface area contributed by atoms with Gasteiger partial charge in [0, 0.05) is 0 Å². The Morgan fingerprint density at radius 1 is 1.57 bits per heavy atom. The molecule has 0 aliphatic carbocycles. The van der Waals surface area contributed by atoms with Gasteiger partial charge >= 0.3 is 0 Å². The summed E-state index contributed by atoms with van der Waals surface area (Å²) in [5.41, 5.74) is 0.599. The van der Waals surface area contributed by atoms with Gasteiger partial charge < -0.3 is 14.9 Å². The third-order valence-electron chi connectivity index (χ3n) is 1.80. The van der Waals surface area contributed by atoms with E-state index in [2.05, 4.69) is 15.9 Å². The van der Waals surface area contributed by atoms with Crippen molar-refractivity contribution in [2.24, 2.45) is 0 Å². The first-order valence-corrected chi connectivity index (χ1v) is 5.23. The third kappa shape index (κ3) is 2.32. The normalized spacial score (nSPS) is 12.6. The van der Waals surface area contributed by atoms with Crippen molar-refractivity contribution in [2.45, 2.75) is 6.10 Å². The largest absolute Gasteiger partial charge is 0.503 e. The predicted octanol–water partition coefficient (Wildman–Crippen LogP) is 2.44. The average Bonchev–Trinajstić information content (AvgIpc) is 2.20. The Kier molecular flexibility index (Phi) is 4.04. The summed E-state index contributed by atoms with van der Waals surface area (Å²) in [6.45, 7) is 0. The van der Waals surface area contributed by atoms with E-state index >= 15 is 0 Å². The summed E-state index contributed by atoms with van der Waals surface area (Å²) in [6.07, 6.45) is -0.762. The van der Waals surface area contributed by atoms with Crippen LogP contribution in [-0.2, 0) is 0 Å². The fourth-order valence-corrected chi connectivity index (χ4v) is 1.67. The van der Waals surface area contributed by atoms with E-state index in [-0.39, 0.29) is 11.6 Å². The minimum Gasteiger partial charge on any atom is -0.503 e. The van der Waals surface area contributed by atoms with Crippen LogP contribution in [0.5, 0.6) is 11.5 Å². The molecule has 5 heteroatoms. The summed E-state index contributed by atoms with van der Waals surface area (Å²) in [7, 11) is 1.44. The van der Waals surface area contributed by atoms with Crippen LogP contribution >= 0.6 is 27.5 Å². The number of aromatic hydroxyl groups is 1. The van der Waals surface area contributed by atoms with Crippen LogP contribution in [0.3, 0.4) is 0 Å². The lowest BCUT2D eigenvalue weighted by molar-refractivity contribution is 0.202. The van der Waals surface area contributed by atoms with Crippen molar-refractivity contribution in [3.05, 3.63) is 22.2 Å². The van der Waals surface area contributed by atoms with Crippen molar-refractivity contribution >= 4 is 27.5 Å². The van der Waals surface area contributed by atoms with Gasteiger partial charge in [-0.15, -0.1) is 11.6 Å². The molecule has 1 aromatic carbocycles. The van der Waals surface area contributed by atoms with Crippen LogP contribution in [0, 0.1) is 0 Å². The van der Waals surface area contributed by atoms with Crippen LogP contribution in [0.2, 0.25) is 0 Å². The highest BCUT2D eigenvalue weighted by Crippen LogP contribution is 2.36. The molecule has 0 amide bonds. The van der Waals surface area contributed by atoms with Gasteiger partial charge in [-0.2, -0.15) is 0 Å². The smallest absolute Gasteiger partial charge is 0.172 e. The highest BCUT2D eigenvalue weighted by atomic mass is 79.9. The van der Waals surface area contributed by atoms with E-state index in [1.165, 1.54) is 7.11 Å². The molecular weight excluding hydrogens is 271 g/mol. The number of aliphatic hydroxyl groups is 1. The van der Waals surface area contributed by atoms with Gasteiger partial charge in [-0.05, 0) is 33.6 Å². The van der Waals surface area contributed by atoms with Gasteiger partial charge in [-0.3, -0.25) is 0 Å². The molecule has 1 unspecified atom stereocenters. The summed E-state index contributed by atoms with van der Waals surface area (Å²) >= 11 is 8.66. The van der Waals surface area contributed by atoms with Gasteiger partial charge in [-0.25, -0.2) is 0 Å². The Hall–Kier alpha value is -0.450. The maximum absolute atomic E-state index is 9.49. The van der Waals surface area contributed by atoms with Gasteiger partial charge in [0.2, 0.25) is 0 Å². The molecule has 0 radical (unpaired) electrons. The number of aliphatic hydroxyl groups excluding tert-OH is 1. The van der Waals surface area contributed by atoms with Crippen LogP contribution in [0.15, 0.2) is 16.6 Å². The van der Waals surface area contributed by atoms with E-state index in [0.717, 1.165) is 0 Å². The van der Waals surface area contributed by atoms with Crippen LogP contribution in [-0.4, -0.2) is 23.2 Å². The lowest BCUT2D eigenvalue weighted by Crippen LogP contribution is -1.99. The molecule has 0 spiro atoms. The first-order valence-electron chi connectivity index (χ1n) is 3.90. The number of ether oxygens (including phenoxy) is 1. The summed E-state index contributed by atoms with van der Waals surface area (Å²) in [5.74, 6) is 0.414. The molecule has 2 N–H and O–H groups in total. The molecule has 0 bridgehead atoms. The average molecular weight is 282 g/mol. The maximum atomic E-state index is 9.49. The minimum absolute atomic E-state index is 0.0121. The van der Waals surface area contributed by atoms with Gasteiger partial charge in [0.05, 0.1) is 23.6 Å². The third-order valence-corrected chi connectivity index (χ3v) is 2.70. The molecule has 1 aromatic rings. The zero-order valence-electron chi connectivity index (χ0n) is 7.50. The van der Waals surface area contributed by atoms with Crippen molar-refractivity contribution in [1.29, 1.82) is 0 Å². The second-order valence-corrected chi connectivity index (χ2v) is 3.89. The van der Waals surface area contributed by atoms with Crippen molar-refractivity contribution in [1.82, 2.24) is 0 Å². The van der Waals surface area contributed by atoms with Gasteiger partial charge in [0.1, 0.15) is 0 Å². The maximum Gasteiger partial charge on any atom is 0.172 e. The number of rotatable bonds is 3. The minimum atomic E-state index is -0.762. The Morgan fingerprint density at radius 3 is 2.71 bits per heavy atom. The van der Waals surface area contributed by atoms with Gasteiger partial charge in [-0.1, -0.05) is 0 Å². The number of methoxy groups -OCH3 is 1. The SMILES string of the molecule is COc1cc(C(O)CCl)cc(Br)c1O. The zero-order chi connectivity index (χ0) is 10.7. The quantitative estimate of drug-likeness (QED) is 0.837. The standard InChI is InChI=1S/C9H10BrClO3/c1-14-8-3-5(7(12)4-11)2-6(10)9(8)13/h2-3,7,12-13H,4H2,1H3. The molecule has 3 nitrogen and oxygen atoms in total. The number of halogens is 2. The van der Waals surface area contributed by atoms with Crippen molar-refractivity contribution < 1.29 is 14.9 Å². The number of alkyl halides is 1. The lowest BCUT2D eigenvalue weighted by atomic mass is 10.1. The summed E-state index contributed by atoms with van der Waals surface area (Å²) in [5, 5.41) is 19.0.